The van der Waals surface area contributed by atoms with Gasteiger partial charge in [-0.25, -0.2) is 0 Å². The van der Waals surface area contributed by atoms with Gasteiger partial charge in [0.05, 0.1) is 22.2 Å². The van der Waals surface area contributed by atoms with Crippen molar-refractivity contribution in [2.24, 2.45) is 5.41 Å². The molecule has 4 rings (SSSR count). The lowest BCUT2D eigenvalue weighted by Gasteiger charge is -2.19. The van der Waals surface area contributed by atoms with Crippen LogP contribution >= 0.6 is 0 Å². The molecule has 0 radical (unpaired) electrons. The van der Waals surface area contributed by atoms with E-state index in [1.165, 1.54) is 0 Å². The summed E-state index contributed by atoms with van der Waals surface area (Å²) in [7, 11) is 1.84. The van der Waals surface area contributed by atoms with Gasteiger partial charge in [-0.3, -0.25) is 20.6 Å². The molecule has 2 heterocycles. The Morgan fingerprint density at radius 1 is 1.03 bits per heavy atom. The zero-order valence-corrected chi connectivity index (χ0v) is 16.2. The smallest absolute Gasteiger partial charge is 0.304 e. The van der Waals surface area contributed by atoms with Gasteiger partial charge >= 0.3 is 12.4 Å². The second-order valence-electron chi connectivity index (χ2n) is 8.10. The lowest BCUT2D eigenvalue weighted by molar-refractivity contribution is -0.143. The summed E-state index contributed by atoms with van der Waals surface area (Å²) in [5, 5.41) is 0. The van der Waals surface area contributed by atoms with Crippen molar-refractivity contribution in [1.82, 2.24) is 15.3 Å². The van der Waals surface area contributed by atoms with Crippen molar-refractivity contribution in [2.75, 3.05) is 25.6 Å². The van der Waals surface area contributed by atoms with Crippen LogP contribution in [0.5, 0.6) is 0 Å². The first-order valence-corrected chi connectivity index (χ1v) is 9.33. The van der Waals surface area contributed by atoms with Crippen LogP contribution in [-0.4, -0.2) is 35.9 Å². The molecular weight excluding hydrogens is 426 g/mol. The molecule has 1 aromatic heterocycles. The number of hydrogen-bond donors (Lipinski definition) is 2. The number of pyridine rings is 1. The van der Waals surface area contributed by atoms with Gasteiger partial charge in [0.2, 0.25) is 5.91 Å². The third-order valence-electron chi connectivity index (χ3n) is 5.97. The van der Waals surface area contributed by atoms with Gasteiger partial charge in [0.25, 0.3) is 0 Å². The predicted octanol–water partition coefficient (Wildman–Crippen LogP) is 3.84. The maximum Gasteiger partial charge on any atom is 0.416 e. The molecule has 2 fully saturated rings. The molecule has 1 amide bonds. The molecule has 0 bridgehead atoms. The fourth-order valence-corrected chi connectivity index (χ4v) is 4.57. The number of piperidine rings is 1. The first-order valence-electron chi connectivity index (χ1n) is 9.33. The largest absolute Gasteiger partial charge is 0.416 e. The van der Waals surface area contributed by atoms with E-state index in [9.17, 15) is 31.1 Å². The molecule has 2 atom stereocenters. The van der Waals surface area contributed by atoms with Gasteiger partial charge in [-0.2, -0.15) is 26.3 Å². The van der Waals surface area contributed by atoms with Crippen molar-refractivity contribution in [2.45, 2.75) is 24.2 Å². The average Bonchev–Trinajstić information content (AvgIpc) is 3.23. The van der Waals surface area contributed by atoms with Gasteiger partial charge in [0.15, 0.2) is 0 Å². The molecule has 1 saturated carbocycles. The Balaban J connectivity index is 1.57. The van der Waals surface area contributed by atoms with E-state index >= 15 is 0 Å². The van der Waals surface area contributed by atoms with Crippen LogP contribution in [-0.2, 0) is 22.6 Å². The highest BCUT2D eigenvalue weighted by atomic mass is 19.4. The summed E-state index contributed by atoms with van der Waals surface area (Å²) >= 11 is 0. The number of likely N-dealkylation sites (tertiary alicyclic amines) is 1. The monoisotopic (exact) mass is 444 g/mol. The number of halogens is 6. The first-order chi connectivity index (χ1) is 14.4. The molecule has 2 aromatic rings. The Kier molecular flexibility index (Phi) is 4.73. The van der Waals surface area contributed by atoms with Gasteiger partial charge in [-0.1, -0.05) is 6.07 Å². The molecule has 11 heteroatoms. The van der Waals surface area contributed by atoms with E-state index in [-0.39, 0.29) is 6.07 Å². The van der Waals surface area contributed by atoms with Crippen LogP contribution in [0.3, 0.4) is 0 Å². The number of nitrogens with zero attached hydrogens (tertiary/aromatic N) is 2. The van der Waals surface area contributed by atoms with Crippen LogP contribution in [0.1, 0.15) is 23.2 Å². The lowest BCUT2D eigenvalue weighted by Crippen LogP contribution is -2.40. The van der Waals surface area contributed by atoms with Crippen LogP contribution in [0.4, 0.5) is 32.0 Å². The number of fused-ring (bicyclic) bond motifs is 1. The van der Waals surface area contributed by atoms with E-state index in [4.69, 9.17) is 0 Å². The minimum Gasteiger partial charge on any atom is -0.304 e. The zero-order valence-electron chi connectivity index (χ0n) is 16.2. The number of aromatic nitrogens is 1. The van der Waals surface area contributed by atoms with E-state index in [1.54, 1.807) is 18.3 Å². The van der Waals surface area contributed by atoms with Crippen molar-refractivity contribution in [3.8, 4) is 0 Å². The van der Waals surface area contributed by atoms with Crippen molar-refractivity contribution in [1.29, 1.82) is 0 Å². The molecule has 2 N–H and O–H groups in total. The van der Waals surface area contributed by atoms with Gasteiger partial charge in [-0.15, -0.1) is 0 Å². The Hall–Kier alpha value is -2.82. The summed E-state index contributed by atoms with van der Waals surface area (Å²) in [6.45, 7) is 0.965. The zero-order chi connectivity index (χ0) is 22.7. The Bertz CT molecular complexity index is 977. The van der Waals surface area contributed by atoms with E-state index in [0.717, 1.165) is 5.69 Å². The highest BCUT2D eigenvalue weighted by Crippen LogP contribution is 2.68. The van der Waals surface area contributed by atoms with Crippen molar-refractivity contribution in [3.05, 3.63) is 59.4 Å². The molecule has 1 aliphatic heterocycles. The normalized spacial score (nSPS) is 25.8. The summed E-state index contributed by atoms with van der Waals surface area (Å²) in [6, 6.07) is 6.43. The quantitative estimate of drug-likeness (QED) is 0.556. The van der Waals surface area contributed by atoms with Crippen LogP contribution in [0.15, 0.2) is 42.6 Å². The fraction of sp³-hybridized carbons (Fsp3) is 0.400. The molecule has 1 aliphatic carbocycles. The number of carbonyl (C=O) groups excluding carboxylic acids is 1. The number of rotatable bonds is 4. The second kappa shape index (κ2) is 6.84. The number of amides is 1. The molecule has 5 nitrogen and oxygen atoms in total. The summed E-state index contributed by atoms with van der Waals surface area (Å²) in [6.07, 6.45) is -7.84. The number of hydrazine groups is 1. The fourth-order valence-electron chi connectivity index (χ4n) is 4.57. The van der Waals surface area contributed by atoms with Crippen LogP contribution < -0.4 is 10.9 Å². The standard InChI is InChI=1S/C20H18F6N4O/c1-30-10-17(15-4-2-3-5-27-15)9-18(17,11-30)16(31)29-28-14-7-12(19(21,22)23)6-13(8-14)20(24,25)26/h2-8,28H,9-11H2,1H3,(H,29,31)/t17-,18+/m1/s1. The third kappa shape index (κ3) is 3.60. The summed E-state index contributed by atoms with van der Waals surface area (Å²) in [5.41, 5.74) is 0.442. The molecule has 1 aromatic carbocycles. The number of alkyl halides is 6. The average molecular weight is 444 g/mol. The molecule has 0 spiro atoms. The highest BCUT2D eigenvalue weighted by Gasteiger charge is 2.77. The molecule has 2 aliphatic rings. The molecule has 0 unspecified atom stereocenters. The molecule has 31 heavy (non-hydrogen) atoms. The Labute approximate surface area is 173 Å². The summed E-state index contributed by atoms with van der Waals surface area (Å²) in [4.78, 5) is 19.3. The van der Waals surface area contributed by atoms with E-state index in [0.29, 0.717) is 31.6 Å². The summed E-state index contributed by atoms with van der Waals surface area (Å²) < 4.78 is 78.2. The Morgan fingerprint density at radius 3 is 2.23 bits per heavy atom. The SMILES string of the molecule is CN1C[C@]2(C(=O)NNc3cc(C(F)(F)F)cc(C(F)(F)F)c3)C[C@]2(c2ccccn2)C1. The number of benzene rings is 1. The molecule has 166 valence electrons. The maximum absolute atomic E-state index is 13.0. The minimum absolute atomic E-state index is 0.0323. The first kappa shape index (κ1) is 21.4. The van der Waals surface area contributed by atoms with Crippen LogP contribution in [0.25, 0.3) is 0 Å². The van der Waals surface area contributed by atoms with E-state index in [1.807, 2.05) is 18.0 Å². The van der Waals surface area contributed by atoms with Crippen molar-refractivity contribution < 1.29 is 31.1 Å². The molecule has 1 saturated heterocycles. The van der Waals surface area contributed by atoms with Gasteiger partial charge in [-0.05, 0) is 43.8 Å². The van der Waals surface area contributed by atoms with Gasteiger partial charge < -0.3 is 4.90 Å². The highest BCUT2D eigenvalue weighted by molar-refractivity contribution is 5.90. The number of carbonyl (C=O) groups is 1. The van der Waals surface area contributed by atoms with Crippen LogP contribution in [0, 0.1) is 5.41 Å². The van der Waals surface area contributed by atoms with Crippen molar-refractivity contribution in [3.63, 3.8) is 0 Å². The minimum atomic E-state index is -4.97. The number of hydrogen-bond acceptors (Lipinski definition) is 4. The third-order valence-corrected chi connectivity index (χ3v) is 5.97. The van der Waals surface area contributed by atoms with Gasteiger partial charge in [0.1, 0.15) is 0 Å². The molecular formula is C20H18F6N4O. The van der Waals surface area contributed by atoms with Crippen LogP contribution in [0.2, 0.25) is 0 Å². The van der Waals surface area contributed by atoms with E-state index < -0.39 is 45.9 Å². The topological polar surface area (TPSA) is 57.3 Å². The van der Waals surface area contributed by atoms with Gasteiger partial charge in [0, 0.05) is 30.4 Å². The lowest BCUT2D eigenvalue weighted by atomic mass is 9.92. The predicted molar refractivity (Wildman–Crippen MR) is 98.7 cm³/mol. The number of likely N-dealkylation sites (N-methyl/N-ethyl adjacent to an activating group) is 1. The number of nitrogens with one attached hydrogen (secondary N) is 2. The van der Waals surface area contributed by atoms with E-state index in [2.05, 4.69) is 15.8 Å². The van der Waals surface area contributed by atoms with Crippen molar-refractivity contribution >= 4 is 11.6 Å². The maximum atomic E-state index is 13.0. The Morgan fingerprint density at radius 2 is 1.68 bits per heavy atom. The number of anilines is 1. The second-order valence-corrected chi connectivity index (χ2v) is 8.10. The summed E-state index contributed by atoms with van der Waals surface area (Å²) in [5.74, 6) is -0.506.